The highest BCUT2D eigenvalue weighted by Gasteiger charge is 2.05. The number of hydrogen-bond acceptors (Lipinski definition) is 3. The predicted octanol–water partition coefficient (Wildman–Crippen LogP) is 2.72. The maximum absolute atomic E-state index is 10.7. The molecule has 5 heteroatoms. The molecule has 0 aliphatic carbocycles. The quantitative estimate of drug-likeness (QED) is 0.807. The Morgan fingerprint density at radius 1 is 1.50 bits per heavy atom. The lowest BCUT2D eigenvalue weighted by molar-refractivity contribution is -0.136. The third kappa shape index (κ3) is 3.09. The van der Waals surface area contributed by atoms with E-state index in [1.54, 1.807) is 18.2 Å². The van der Waals surface area contributed by atoms with Crippen molar-refractivity contribution in [1.29, 1.82) is 0 Å². The number of carbonyl (C=O) groups excluding carboxylic acids is 1. The van der Waals surface area contributed by atoms with Gasteiger partial charge in [-0.1, -0.05) is 11.6 Å². The summed E-state index contributed by atoms with van der Waals surface area (Å²) < 4.78 is 9.04. The van der Waals surface area contributed by atoms with E-state index in [1.807, 2.05) is 6.92 Å². The van der Waals surface area contributed by atoms with Crippen LogP contribution in [0.2, 0.25) is 5.02 Å². The summed E-state index contributed by atoms with van der Waals surface area (Å²) >= 11 is 10.6. The first-order valence-corrected chi connectivity index (χ1v) is 4.52. The van der Waals surface area contributed by atoms with E-state index in [0.29, 0.717) is 10.8 Å². The molecule has 76 valence electrons. The number of aryl methyl sites for hydroxylation is 1. The fourth-order valence-corrected chi connectivity index (χ4v) is 1.20. The van der Waals surface area contributed by atoms with Crippen LogP contribution in [0.3, 0.4) is 0 Å². The molecule has 0 aliphatic heterocycles. The standard InChI is InChI=1S/C9H8Cl2O3/c1-6-4-7(10)2-3-8(6)13-5-9(12)14-11/h2-4H,5H2,1H3. The second-order valence-corrected chi connectivity index (χ2v) is 3.24. The van der Waals surface area contributed by atoms with Crippen molar-refractivity contribution in [2.24, 2.45) is 0 Å². The first kappa shape index (κ1) is 11.1. The molecule has 1 aromatic rings. The summed E-state index contributed by atoms with van der Waals surface area (Å²) in [6.07, 6.45) is 0. The molecular weight excluding hydrogens is 227 g/mol. The van der Waals surface area contributed by atoms with Gasteiger partial charge in [0.2, 0.25) is 0 Å². The van der Waals surface area contributed by atoms with Gasteiger partial charge >= 0.3 is 5.97 Å². The molecule has 0 spiro atoms. The van der Waals surface area contributed by atoms with Gasteiger partial charge in [-0.05, 0) is 30.7 Å². The number of halogens is 2. The molecule has 0 radical (unpaired) electrons. The zero-order valence-electron chi connectivity index (χ0n) is 7.42. The highest BCUT2D eigenvalue weighted by Crippen LogP contribution is 2.21. The minimum atomic E-state index is -0.638. The molecule has 0 N–H and O–H groups in total. The van der Waals surface area contributed by atoms with Crippen molar-refractivity contribution in [3.05, 3.63) is 28.8 Å². The molecule has 0 saturated carbocycles. The van der Waals surface area contributed by atoms with Crippen molar-refractivity contribution in [2.75, 3.05) is 6.61 Å². The normalized spacial score (nSPS) is 9.64. The molecule has 0 fully saturated rings. The Labute approximate surface area is 91.7 Å². The summed E-state index contributed by atoms with van der Waals surface area (Å²) in [6.45, 7) is 1.61. The van der Waals surface area contributed by atoms with E-state index in [9.17, 15) is 4.79 Å². The van der Waals surface area contributed by atoms with Crippen LogP contribution in [0.25, 0.3) is 0 Å². The van der Waals surface area contributed by atoms with E-state index < -0.39 is 5.97 Å². The largest absolute Gasteiger partial charge is 0.482 e. The van der Waals surface area contributed by atoms with Gasteiger partial charge in [-0.25, -0.2) is 4.79 Å². The number of ether oxygens (including phenoxy) is 1. The summed E-state index contributed by atoms with van der Waals surface area (Å²) in [7, 11) is 0. The fraction of sp³-hybridized carbons (Fsp3) is 0.222. The van der Waals surface area contributed by atoms with E-state index in [1.165, 1.54) is 0 Å². The Kier molecular flexibility index (Phi) is 4.04. The topological polar surface area (TPSA) is 35.5 Å². The molecule has 0 aromatic heterocycles. The van der Waals surface area contributed by atoms with E-state index in [4.69, 9.17) is 28.2 Å². The third-order valence-electron chi connectivity index (χ3n) is 1.57. The Hall–Kier alpha value is -0.930. The molecular formula is C9H8Cl2O3. The molecule has 0 bridgehead atoms. The van der Waals surface area contributed by atoms with Gasteiger partial charge in [-0.15, -0.1) is 0 Å². The van der Waals surface area contributed by atoms with Crippen LogP contribution in [0, 0.1) is 6.92 Å². The SMILES string of the molecule is Cc1cc(Cl)ccc1OCC(=O)OCl. The molecule has 0 amide bonds. The number of benzene rings is 1. The summed E-state index contributed by atoms with van der Waals surface area (Å²) in [5, 5.41) is 0.620. The van der Waals surface area contributed by atoms with E-state index >= 15 is 0 Å². The molecule has 3 nitrogen and oxygen atoms in total. The lowest BCUT2D eigenvalue weighted by Gasteiger charge is -2.06. The monoisotopic (exact) mass is 234 g/mol. The van der Waals surface area contributed by atoms with Crippen LogP contribution in [0.5, 0.6) is 5.75 Å². The molecule has 1 aromatic carbocycles. The highest BCUT2D eigenvalue weighted by atomic mass is 35.5. The van der Waals surface area contributed by atoms with Crippen molar-refractivity contribution >= 4 is 29.4 Å². The maximum Gasteiger partial charge on any atom is 0.362 e. The first-order valence-electron chi connectivity index (χ1n) is 3.84. The zero-order chi connectivity index (χ0) is 10.6. The number of hydrogen-bond donors (Lipinski definition) is 0. The molecule has 0 heterocycles. The van der Waals surface area contributed by atoms with Crippen molar-refractivity contribution in [2.45, 2.75) is 6.92 Å². The van der Waals surface area contributed by atoms with Crippen molar-refractivity contribution in [3.63, 3.8) is 0 Å². The Balaban J connectivity index is 2.63. The van der Waals surface area contributed by atoms with Crippen molar-refractivity contribution in [1.82, 2.24) is 0 Å². The van der Waals surface area contributed by atoms with Crippen LogP contribution in [-0.4, -0.2) is 12.6 Å². The van der Waals surface area contributed by atoms with Crippen LogP contribution >= 0.6 is 23.5 Å². The first-order chi connectivity index (χ1) is 6.63. The zero-order valence-corrected chi connectivity index (χ0v) is 8.93. The molecule has 0 unspecified atom stereocenters. The van der Waals surface area contributed by atoms with Gasteiger partial charge in [0.15, 0.2) is 6.61 Å². The predicted molar refractivity (Wildman–Crippen MR) is 53.6 cm³/mol. The highest BCUT2D eigenvalue weighted by molar-refractivity contribution is 6.30. The molecule has 1 rings (SSSR count). The van der Waals surface area contributed by atoms with Gasteiger partial charge in [0.25, 0.3) is 0 Å². The van der Waals surface area contributed by atoms with E-state index in [2.05, 4.69) is 4.29 Å². The van der Waals surface area contributed by atoms with Crippen LogP contribution in [-0.2, 0) is 9.08 Å². The lowest BCUT2D eigenvalue weighted by atomic mass is 10.2. The van der Waals surface area contributed by atoms with Crippen LogP contribution in [0.1, 0.15) is 5.56 Å². The summed E-state index contributed by atoms with van der Waals surface area (Å²) in [4.78, 5) is 10.7. The number of rotatable bonds is 3. The van der Waals surface area contributed by atoms with Gasteiger partial charge < -0.3 is 9.03 Å². The lowest BCUT2D eigenvalue weighted by Crippen LogP contribution is -2.11. The molecule has 0 atom stereocenters. The van der Waals surface area contributed by atoms with Gasteiger partial charge in [-0.2, -0.15) is 0 Å². The molecule has 14 heavy (non-hydrogen) atoms. The number of carbonyl (C=O) groups is 1. The third-order valence-corrected chi connectivity index (χ3v) is 1.98. The summed E-state index contributed by atoms with van der Waals surface area (Å²) in [5.74, 6) is -0.0579. The van der Waals surface area contributed by atoms with Gasteiger partial charge in [-0.3, -0.25) is 0 Å². The smallest absolute Gasteiger partial charge is 0.362 e. The Morgan fingerprint density at radius 3 is 2.79 bits per heavy atom. The van der Waals surface area contributed by atoms with E-state index in [-0.39, 0.29) is 6.61 Å². The molecule has 0 aliphatic rings. The minimum Gasteiger partial charge on any atom is -0.482 e. The van der Waals surface area contributed by atoms with Gasteiger partial charge in [0.1, 0.15) is 17.6 Å². The summed E-state index contributed by atoms with van der Waals surface area (Å²) in [6, 6.07) is 5.10. The molecule has 0 saturated heterocycles. The average molecular weight is 235 g/mol. The minimum absolute atomic E-state index is 0.216. The van der Waals surface area contributed by atoms with Gasteiger partial charge in [0, 0.05) is 5.02 Å². The van der Waals surface area contributed by atoms with Crippen LogP contribution in [0.15, 0.2) is 18.2 Å². The Morgan fingerprint density at radius 2 is 2.21 bits per heavy atom. The fourth-order valence-electron chi connectivity index (χ4n) is 0.934. The Bertz CT molecular complexity index is 339. The van der Waals surface area contributed by atoms with Gasteiger partial charge in [0.05, 0.1) is 0 Å². The van der Waals surface area contributed by atoms with Crippen LogP contribution < -0.4 is 4.74 Å². The average Bonchev–Trinajstić information content (AvgIpc) is 2.16. The van der Waals surface area contributed by atoms with E-state index in [0.717, 1.165) is 5.56 Å². The summed E-state index contributed by atoms with van der Waals surface area (Å²) in [5.41, 5.74) is 0.847. The second-order valence-electron chi connectivity index (χ2n) is 2.65. The maximum atomic E-state index is 10.7. The second kappa shape index (κ2) is 5.08. The van der Waals surface area contributed by atoms with Crippen molar-refractivity contribution in [3.8, 4) is 5.75 Å². The van der Waals surface area contributed by atoms with Crippen molar-refractivity contribution < 1.29 is 13.8 Å². The van der Waals surface area contributed by atoms with Crippen LogP contribution in [0.4, 0.5) is 0 Å².